The summed E-state index contributed by atoms with van der Waals surface area (Å²) in [6.07, 6.45) is 3.45. The van der Waals surface area contributed by atoms with Crippen LogP contribution in [0, 0.1) is 5.92 Å². The second-order valence-corrected chi connectivity index (χ2v) is 5.69. The predicted molar refractivity (Wildman–Crippen MR) is 63.6 cm³/mol. The lowest BCUT2D eigenvalue weighted by Crippen LogP contribution is -2.37. The Hall–Kier alpha value is -0.0400. The van der Waals surface area contributed by atoms with E-state index in [-0.39, 0.29) is 11.2 Å². The van der Waals surface area contributed by atoms with E-state index in [9.17, 15) is 0 Å². The van der Waals surface area contributed by atoms with Gasteiger partial charge in [0.25, 0.3) is 0 Å². The van der Waals surface area contributed by atoms with E-state index < -0.39 is 0 Å². The summed E-state index contributed by atoms with van der Waals surface area (Å²) in [7, 11) is 0. The van der Waals surface area contributed by atoms with Crippen molar-refractivity contribution in [3.8, 4) is 0 Å². The summed E-state index contributed by atoms with van der Waals surface area (Å²) in [4.78, 5) is 0. The van der Waals surface area contributed by atoms with E-state index in [1.807, 2.05) is 0 Å². The summed E-state index contributed by atoms with van der Waals surface area (Å²) in [5, 5.41) is 0. The minimum absolute atomic E-state index is 0.00887. The molecule has 0 radical (unpaired) electrons. The molecule has 0 bridgehead atoms. The molecule has 1 heteroatoms. The van der Waals surface area contributed by atoms with Gasteiger partial charge in [-0.25, -0.2) is 0 Å². The van der Waals surface area contributed by atoms with Crippen LogP contribution < -0.4 is 0 Å². The van der Waals surface area contributed by atoms with Gasteiger partial charge in [0.1, 0.15) is 0 Å². The van der Waals surface area contributed by atoms with Crippen LogP contribution in [0.4, 0.5) is 0 Å². The molecule has 1 atom stereocenters. The first-order valence-electron chi connectivity index (χ1n) is 5.92. The molecule has 1 unspecified atom stereocenters. The van der Waals surface area contributed by atoms with Crippen molar-refractivity contribution in [2.24, 2.45) is 5.92 Å². The zero-order valence-electron chi connectivity index (χ0n) is 11.1. The normalized spacial score (nSPS) is 15.6. The fraction of sp³-hybridized carbons (Fsp3) is 1.00. The predicted octanol–water partition coefficient (Wildman–Crippen LogP) is 4.41. The van der Waals surface area contributed by atoms with E-state index in [0.29, 0.717) is 0 Å². The summed E-state index contributed by atoms with van der Waals surface area (Å²) < 4.78 is 6.15. The van der Waals surface area contributed by atoms with Gasteiger partial charge in [0, 0.05) is 0 Å². The fourth-order valence-corrected chi connectivity index (χ4v) is 1.85. The van der Waals surface area contributed by atoms with Gasteiger partial charge < -0.3 is 4.74 Å². The molecule has 0 heterocycles. The zero-order valence-corrected chi connectivity index (χ0v) is 11.1. The van der Waals surface area contributed by atoms with Gasteiger partial charge in [-0.15, -0.1) is 0 Å². The van der Waals surface area contributed by atoms with E-state index in [1.165, 1.54) is 6.42 Å². The first kappa shape index (κ1) is 14.0. The zero-order chi connectivity index (χ0) is 11.4. The van der Waals surface area contributed by atoms with E-state index in [0.717, 1.165) is 18.8 Å². The Morgan fingerprint density at radius 3 is 1.86 bits per heavy atom. The van der Waals surface area contributed by atoms with Gasteiger partial charge in [-0.05, 0) is 46.5 Å². The van der Waals surface area contributed by atoms with Gasteiger partial charge in [0.2, 0.25) is 0 Å². The summed E-state index contributed by atoms with van der Waals surface area (Å²) in [6.45, 7) is 15.5. The van der Waals surface area contributed by atoms with Crippen LogP contribution in [0.2, 0.25) is 0 Å². The molecule has 0 amide bonds. The number of rotatable bonds is 6. The third-order valence-corrected chi connectivity index (χ3v) is 2.94. The fourth-order valence-electron chi connectivity index (χ4n) is 1.85. The molecule has 0 aliphatic rings. The average molecular weight is 200 g/mol. The Balaban J connectivity index is 4.19. The summed E-state index contributed by atoms with van der Waals surface area (Å²) in [5.41, 5.74) is 0.0197. The van der Waals surface area contributed by atoms with Crippen LogP contribution in [0.15, 0.2) is 0 Å². The minimum atomic E-state index is 0.00887. The maximum Gasteiger partial charge on any atom is 0.0636 e. The molecule has 0 N–H and O–H groups in total. The molecular weight excluding hydrogens is 172 g/mol. The van der Waals surface area contributed by atoms with Gasteiger partial charge >= 0.3 is 0 Å². The molecule has 0 aromatic heterocycles. The third-order valence-electron chi connectivity index (χ3n) is 2.94. The molecule has 0 spiro atoms. The van der Waals surface area contributed by atoms with Crippen molar-refractivity contribution in [2.45, 2.75) is 78.9 Å². The first-order chi connectivity index (χ1) is 6.22. The third kappa shape index (κ3) is 5.64. The van der Waals surface area contributed by atoms with Crippen molar-refractivity contribution in [3.05, 3.63) is 0 Å². The quantitative estimate of drug-likeness (QED) is 0.617. The van der Waals surface area contributed by atoms with Crippen molar-refractivity contribution in [1.82, 2.24) is 0 Å². The molecule has 86 valence electrons. The second kappa shape index (κ2) is 5.16. The Morgan fingerprint density at radius 1 is 1.00 bits per heavy atom. The van der Waals surface area contributed by atoms with Crippen molar-refractivity contribution < 1.29 is 4.74 Å². The molecule has 1 nitrogen and oxygen atoms in total. The highest BCUT2D eigenvalue weighted by Crippen LogP contribution is 2.29. The van der Waals surface area contributed by atoms with Gasteiger partial charge in [0.15, 0.2) is 0 Å². The lowest BCUT2D eigenvalue weighted by atomic mass is 9.91. The smallest absolute Gasteiger partial charge is 0.0636 e. The molecule has 0 aromatic carbocycles. The average Bonchev–Trinajstić information content (AvgIpc) is 2.01. The summed E-state index contributed by atoms with van der Waals surface area (Å²) in [5.74, 6) is 0.748. The van der Waals surface area contributed by atoms with E-state index >= 15 is 0 Å². The highest BCUT2D eigenvalue weighted by atomic mass is 16.5. The highest BCUT2D eigenvalue weighted by molar-refractivity contribution is 4.77. The summed E-state index contributed by atoms with van der Waals surface area (Å²) in [6, 6.07) is 0. The van der Waals surface area contributed by atoms with Crippen molar-refractivity contribution >= 4 is 0 Å². The van der Waals surface area contributed by atoms with E-state index in [1.54, 1.807) is 0 Å². The highest BCUT2D eigenvalue weighted by Gasteiger charge is 2.28. The molecule has 0 aliphatic carbocycles. The van der Waals surface area contributed by atoms with Crippen LogP contribution in [0.25, 0.3) is 0 Å². The van der Waals surface area contributed by atoms with Crippen LogP contribution in [-0.2, 0) is 4.74 Å². The Labute approximate surface area is 90.2 Å². The first-order valence-corrected chi connectivity index (χ1v) is 5.92. The van der Waals surface area contributed by atoms with E-state index in [4.69, 9.17) is 4.74 Å². The van der Waals surface area contributed by atoms with Gasteiger partial charge in [-0.1, -0.05) is 27.2 Å². The van der Waals surface area contributed by atoms with Crippen LogP contribution in [0.1, 0.15) is 67.7 Å². The Bertz CT molecular complexity index is 159. The lowest BCUT2D eigenvalue weighted by molar-refractivity contribution is -0.132. The Kier molecular flexibility index (Phi) is 5.14. The Morgan fingerprint density at radius 2 is 1.50 bits per heavy atom. The SMILES string of the molecule is CCC(C)CC(C)(C)OC(C)(C)CC. The maximum atomic E-state index is 6.15. The van der Waals surface area contributed by atoms with E-state index in [2.05, 4.69) is 48.5 Å². The van der Waals surface area contributed by atoms with Gasteiger partial charge in [-0.3, -0.25) is 0 Å². The topological polar surface area (TPSA) is 9.23 Å². The molecule has 0 saturated carbocycles. The molecule has 0 fully saturated rings. The van der Waals surface area contributed by atoms with Crippen LogP contribution in [0.5, 0.6) is 0 Å². The lowest BCUT2D eigenvalue weighted by Gasteiger charge is -2.37. The van der Waals surface area contributed by atoms with Crippen molar-refractivity contribution in [2.75, 3.05) is 0 Å². The molecule has 0 saturated heterocycles. The largest absolute Gasteiger partial charge is 0.370 e. The monoisotopic (exact) mass is 200 g/mol. The van der Waals surface area contributed by atoms with Crippen molar-refractivity contribution in [3.63, 3.8) is 0 Å². The second-order valence-electron chi connectivity index (χ2n) is 5.69. The number of hydrogen-bond donors (Lipinski definition) is 0. The number of ether oxygens (including phenoxy) is 1. The van der Waals surface area contributed by atoms with Crippen LogP contribution >= 0.6 is 0 Å². The van der Waals surface area contributed by atoms with Crippen LogP contribution in [0.3, 0.4) is 0 Å². The number of hydrogen-bond acceptors (Lipinski definition) is 1. The molecule has 0 aliphatic heterocycles. The van der Waals surface area contributed by atoms with Gasteiger partial charge in [-0.2, -0.15) is 0 Å². The maximum absolute atomic E-state index is 6.15. The van der Waals surface area contributed by atoms with Crippen molar-refractivity contribution in [1.29, 1.82) is 0 Å². The molecular formula is C13H28O. The molecule has 0 rings (SSSR count). The standard InChI is InChI=1S/C13H28O/c1-8-11(3)10-13(6,7)14-12(4,5)9-2/h11H,8-10H2,1-7H3. The summed E-state index contributed by atoms with van der Waals surface area (Å²) >= 11 is 0. The molecule has 0 aromatic rings. The van der Waals surface area contributed by atoms with Crippen LogP contribution in [-0.4, -0.2) is 11.2 Å². The minimum Gasteiger partial charge on any atom is -0.370 e. The van der Waals surface area contributed by atoms with Gasteiger partial charge in [0.05, 0.1) is 11.2 Å². The molecule has 14 heavy (non-hydrogen) atoms.